The Morgan fingerprint density at radius 3 is 2.72 bits per heavy atom. The second-order valence-corrected chi connectivity index (χ2v) is 3.70. The summed E-state index contributed by atoms with van der Waals surface area (Å²) in [6.45, 7) is 3.96. The van der Waals surface area contributed by atoms with E-state index in [1.54, 1.807) is 6.92 Å². The summed E-state index contributed by atoms with van der Waals surface area (Å²) in [6, 6.07) is 2.19. The van der Waals surface area contributed by atoms with Crippen molar-refractivity contribution in [1.82, 2.24) is 10.3 Å². The average molecular weight is 252 g/mol. The molecule has 1 aromatic heterocycles. The van der Waals surface area contributed by atoms with Crippen molar-refractivity contribution in [2.75, 3.05) is 17.6 Å². The lowest BCUT2D eigenvalue weighted by Crippen LogP contribution is -2.37. The minimum Gasteiger partial charge on any atom is -0.477 e. The van der Waals surface area contributed by atoms with Crippen molar-refractivity contribution in [2.24, 2.45) is 0 Å². The summed E-state index contributed by atoms with van der Waals surface area (Å²) < 4.78 is 0. The van der Waals surface area contributed by atoms with Crippen LogP contribution in [0.3, 0.4) is 0 Å². The number of carbonyl (C=O) groups excluding carboxylic acids is 1. The summed E-state index contributed by atoms with van der Waals surface area (Å²) in [5, 5.41) is 14.2. The van der Waals surface area contributed by atoms with Crippen molar-refractivity contribution in [2.45, 2.75) is 19.9 Å². The third-order valence-electron chi connectivity index (χ3n) is 2.24. The zero-order valence-corrected chi connectivity index (χ0v) is 10.2. The summed E-state index contributed by atoms with van der Waals surface area (Å²) in [5.41, 5.74) is 5.82. The fraction of sp³-hybridized carbons (Fsp3) is 0.364. The predicted molar refractivity (Wildman–Crippen MR) is 67.4 cm³/mol. The molecule has 0 aliphatic carbocycles. The molecule has 0 aliphatic heterocycles. The van der Waals surface area contributed by atoms with Crippen LogP contribution in [0, 0.1) is 0 Å². The number of nitrogens with two attached hydrogens (primary N) is 1. The topological polar surface area (TPSA) is 117 Å². The Kier molecular flexibility index (Phi) is 4.47. The SMILES string of the molecule is CCNC(=O)C(C)Nc1nc(C(=O)O)ccc1N. The third-order valence-corrected chi connectivity index (χ3v) is 2.24. The van der Waals surface area contributed by atoms with Crippen molar-refractivity contribution in [3.63, 3.8) is 0 Å². The average Bonchev–Trinajstić information content (AvgIpc) is 2.31. The van der Waals surface area contributed by atoms with E-state index in [1.807, 2.05) is 6.92 Å². The maximum Gasteiger partial charge on any atom is 0.354 e. The number of carboxylic acid groups (broad SMARTS) is 1. The second-order valence-electron chi connectivity index (χ2n) is 3.70. The van der Waals surface area contributed by atoms with Gasteiger partial charge in [0.05, 0.1) is 5.69 Å². The lowest BCUT2D eigenvalue weighted by molar-refractivity contribution is -0.121. The van der Waals surface area contributed by atoms with E-state index in [1.165, 1.54) is 12.1 Å². The molecule has 7 heteroatoms. The lowest BCUT2D eigenvalue weighted by Gasteiger charge is -2.15. The molecule has 1 atom stereocenters. The largest absolute Gasteiger partial charge is 0.477 e. The minimum absolute atomic E-state index is 0.130. The van der Waals surface area contributed by atoms with Crippen molar-refractivity contribution >= 4 is 23.4 Å². The molecular formula is C11H16N4O3. The van der Waals surface area contributed by atoms with Crippen molar-refractivity contribution in [1.29, 1.82) is 0 Å². The molecule has 0 aliphatic rings. The van der Waals surface area contributed by atoms with Gasteiger partial charge in [0.25, 0.3) is 0 Å². The number of carboxylic acids is 1. The third kappa shape index (κ3) is 3.34. The number of hydrogen-bond acceptors (Lipinski definition) is 5. The highest BCUT2D eigenvalue weighted by molar-refractivity contribution is 5.88. The number of pyridine rings is 1. The number of amides is 1. The van der Waals surface area contributed by atoms with E-state index in [4.69, 9.17) is 10.8 Å². The first-order valence-corrected chi connectivity index (χ1v) is 5.49. The molecule has 0 saturated heterocycles. The van der Waals surface area contributed by atoms with Crippen LogP contribution in [-0.2, 0) is 4.79 Å². The first-order valence-electron chi connectivity index (χ1n) is 5.49. The molecule has 1 unspecified atom stereocenters. The summed E-state index contributed by atoms with van der Waals surface area (Å²) in [7, 11) is 0. The standard InChI is InChI=1S/C11H16N4O3/c1-3-13-10(16)6(2)14-9-7(12)4-5-8(15-9)11(17)18/h4-6H,3,12H2,1-2H3,(H,13,16)(H,14,15)(H,17,18). The molecule has 0 radical (unpaired) electrons. The zero-order chi connectivity index (χ0) is 13.7. The van der Waals surface area contributed by atoms with Crippen LogP contribution < -0.4 is 16.4 Å². The van der Waals surface area contributed by atoms with Gasteiger partial charge in [-0.15, -0.1) is 0 Å². The van der Waals surface area contributed by atoms with Gasteiger partial charge in [0.2, 0.25) is 5.91 Å². The van der Waals surface area contributed by atoms with E-state index >= 15 is 0 Å². The fourth-order valence-electron chi connectivity index (χ4n) is 1.30. The van der Waals surface area contributed by atoms with Gasteiger partial charge in [-0.05, 0) is 26.0 Å². The molecule has 0 fully saturated rings. The van der Waals surface area contributed by atoms with Gasteiger partial charge in [0, 0.05) is 6.54 Å². The van der Waals surface area contributed by atoms with E-state index in [2.05, 4.69) is 15.6 Å². The molecule has 1 amide bonds. The number of nitrogens with zero attached hydrogens (tertiary/aromatic N) is 1. The Morgan fingerprint density at radius 2 is 2.17 bits per heavy atom. The number of hydrogen-bond donors (Lipinski definition) is 4. The van der Waals surface area contributed by atoms with E-state index in [0.717, 1.165) is 0 Å². The van der Waals surface area contributed by atoms with Gasteiger partial charge in [-0.1, -0.05) is 0 Å². The number of nitrogens with one attached hydrogen (secondary N) is 2. The maximum absolute atomic E-state index is 11.5. The van der Waals surface area contributed by atoms with Gasteiger partial charge < -0.3 is 21.5 Å². The smallest absolute Gasteiger partial charge is 0.354 e. The first-order chi connectivity index (χ1) is 8.45. The van der Waals surface area contributed by atoms with Crippen LogP contribution in [0.4, 0.5) is 11.5 Å². The maximum atomic E-state index is 11.5. The summed E-state index contributed by atoms with van der Waals surface area (Å²) in [5.74, 6) is -1.17. The van der Waals surface area contributed by atoms with Crippen LogP contribution in [0.25, 0.3) is 0 Å². The molecule has 1 aromatic rings. The number of anilines is 2. The molecule has 98 valence electrons. The molecule has 7 nitrogen and oxygen atoms in total. The molecule has 5 N–H and O–H groups in total. The van der Waals surface area contributed by atoms with Gasteiger partial charge >= 0.3 is 5.97 Å². The van der Waals surface area contributed by atoms with E-state index in [9.17, 15) is 9.59 Å². The summed E-state index contributed by atoms with van der Waals surface area (Å²) in [4.78, 5) is 26.1. The molecule has 18 heavy (non-hydrogen) atoms. The van der Waals surface area contributed by atoms with Crippen LogP contribution in [0.5, 0.6) is 0 Å². The Morgan fingerprint density at radius 1 is 1.50 bits per heavy atom. The number of aromatic carboxylic acids is 1. The van der Waals surface area contributed by atoms with Gasteiger partial charge in [-0.2, -0.15) is 0 Å². The predicted octanol–water partition coefficient (Wildman–Crippen LogP) is 0.299. The highest BCUT2D eigenvalue weighted by Gasteiger charge is 2.15. The Hall–Kier alpha value is -2.31. The number of likely N-dealkylation sites (N-methyl/N-ethyl adjacent to an activating group) is 1. The number of aromatic nitrogens is 1. The Balaban J connectivity index is 2.86. The molecule has 0 spiro atoms. The summed E-state index contributed by atoms with van der Waals surface area (Å²) in [6.07, 6.45) is 0. The molecule has 0 bridgehead atoms. The number of carbonyl (C=O) groups is 2. The van der Waals surface area contributed by atoms with Crippen molar-refractivity contribution < 1.29 is 14.7 Å². The molecule has 1 rings (SSSR count). The lowest BCUT2D eigenvalue weighted by atomic mass is 10.2. The second kappa shape index (κ2) is 5.85. The highest BCUT2D eigenvalue weighted by atomic mass is 16.4. The molecule has 0 aromatic carbocycles. The number of nitrogen functional groups attached to an aromatic ring is 1. The van der Waals surface area contributed by atoms with Gasteiger partial charge in [-0.25, -0.2) is 9.78 Å². The quantitative estimate of drug-likeness (QED) is 0.598. The molecule has 1 heterocycles. The van der Waals surface area contributed by atoms with E-state index in [-0.39, 0.29) is 23.1 Å². The number of rotatable bonds is 5. The van der Waals surface area contributed by atoms with Crippen LogP contribution in [0.15, 0.2) is 12.1 Å². The normalized spacial score (nSPS) is 11.7. The van der Waals surface area contributed by atoms with Crippen LogP contribution in [0.1, 0.15) is 24.3 Å². The highest BCUT2D eigenvalue weighted by Crippen LogP contribution is 2.16. The van der Waals surface area contributed by atoms with E-state index in [0.29, 0.717) is 6.54 Å². The van der Waals surface area contributed by atoms with Gasteiger partial charge in [-0.3, -0.25) is 4.79 Å². The minimum atomic E-state index is -1.15. The zero-order valence-electron chi connectivity index (χ0n) is 10.2. The van der Waals surface area contributed by atoms with Gasteiger partial charge in [0.1, 0.15) is 6.04 Å². The van der Waals surface area contributed by atoms with Crippen molar-refractivity contribution in [3.8, 4) is 0 Å². The Labute approximate surface area is 104 Å². The Bertz CT molecular complexity index is 462. The van der Waals surface area contributed by atoms with Crippen LogP contribution in [-0.4, -0.2) is 34.6 Å². The van der Waals surface area contributed by atoms with Crippen LogP contribution in [0.2, 0.25) is 0 Å². The summed E-state index contributed by atoms with van der Waals surface area (Å²) >= 11 is 0. The first kappa shape index (κ1) is 13.8. The monoisotopic (exact) mass is 252 g/mol. The molecule has 0 saturated carbocycles. The van der Waals surface area contributed by atoms with Crippen molar-refractivity contribution in [3.05, 3.63) is 17.8 Å². The van der Waals surface area contributed by atoms with E-state index < -0.39 is 12.0 Å². The van der Waals surface area contributed by atoms with Gasteiger partial charge in [0.15, 0.2) is 11.5 Å². The fourth-order valence-corrected chi connectivity index (χ4v) is 1.30. The van der Waals surface area contributed by atoms with Crippen LogP contribution >= 0.6 is 0 Å². The molecular weight excluding hydrogens is 236 g/mol.